The minimum atomic E-state index is -5.08. The van der Waals surface area contributed by atoms with Gasteiger partial charge in [0.25, 0.3) is 11.8 Å². The van der Waals surface area contributed by atoms with Crippen LogP contribution in [0.1, 0.15) is 71.2 Å². The van der Waals surface area contributed by atoms with E-state index in [-0.39, 0.29) is 36.2 Å². The molecular formula is C23H27F3N4O6. The zero-order chi connectivity index (χ0) is 26.7. The van der Waals surface area contributed by atoms with Crippen LogP contribution < -0.4 is 16.4 Å². The van der Waals surface area contributed by atoms with Gasteiger partial charge in [0.1, 0.15) is 6.04 Å². The van der Waals surface area contributed by atoms with E-state index in [1.165, 1.54) is 11.3 Å². The number of alkyl halides is 3. The van der Waals surface area contributed by atoms with Crippen LogP contribution in [0.3, 0.4) is 0 Å². The molecule has 0 radical (unpaired) electrons. The molecule has 0 bridgehead atoms. The van der Waals surface area contributed by atoms with E-state index in [9.17, 15) is 32.3 Å². The van der Waals surface area contributed by atoms with Gasteiger partial charge in [-0.3, -0.25) is 24.5 Å². The van der Waals surface area contributed by atoms with Gasteiger partial charge in [-0.05, 0) is 43.0 Å². The highest BCUT2D eigenvalue weighted by atomic mass is 19.4. The summed E-state index contributed by atoms with van der Waals surface area (Å²) in [6, 6.07) is 4.31. The van der Waals surface area contributed by atoms with Crippen LogP contribution in [0.15, 0.2) is 18.2 Å². The minimum Gasteiger partial charge on any atom is -0.475 e. The molecule has 2 aliphatic heterocycles. The first-order chi connectivity index (χ1) is 16.8. The van der Waals surface area contributed by atoms with Gasteiger partial charge in [-0.25, -0.2) is 4.79 Å². The Morgan fingerprint density at radius 3 is 2.39 bits per heavy atom. The van der Waals surface area contributed by atoms with E-state index in [0.29, 0.717) is 29.7 Å². The molecule has 4 rings (SSSR count). The number of benzene rings is 1. The Bertz CT molecular complexity index is 1070. The van der Waals surface area contributed by atoms with Crippen molar-refractivity contribution in [3.63, 3.8) is 0 Å². The Morgan fingerprint density at radius 2 is 1.81 bits per heavy atom. The Labute approximate surface area is 204 Å². The highest BCUT2D eigenvalue weighted by Crippen LogP contribution is 2.29. The molecule has 1 aliphatic carbocycles. The van der Waals surface area contributed by atoms with Crippen molar-refractivity contribution in [3.8, 4) is 0 Å². The van der Waals surface area contributed by atoms with Crippen LogP contribution in [0.4, 0.5) is 13.2 Å². The fraction of sp³-hybridized carbons (Fsp3) is 0.522. The molecule has 0 spiro atoms. The molecule has 1 aromatic rings. The molecule has 196 valence electrons. The molecule has 2 fully saturated rings. The number of hydrogen-bond acceptors (Lipinski definition) is 6. The fourth-order valence-corrected chi connectivity index (χ4v) is 4.51. The second kappa shape index (κ2) is 10.6. The SMILES string of the molecule is NC1(CNC(=O)c2ccc3c(c2)CN(C2CCC(=O)NC2=O)C3=O)CCCCC1.O=C(O)C(F)(F)F. The Balaban J connectivity index is 0.000000454. The number of halogens is 3. The third-order valence-corrected chi connectivity index (χ3v) is 6.48. The smallest absolute Gasteiger partial charge is 0.475 e. The molecule has 0 aromatic heterocycles. The standard InChI is InChI=1S/C21H26N4O4.C2HF3O2/c22-21(8-2-1-3-9-21)12-23-18(27)13-4-5-15-14(10-13)11-25(20(15)29)16-6-7-17(26)24-19(16)28;3-2(4,5)1(6)7/h4-5,10,16H,1-3,6-9,11-12,22H2,(H,23,27)(H,24,26,28);(H,6,7). The predicted octanol–water partition coefficient (Wildman–Crippen LogP) is 1.47. The van der Waals surface area contributed by atoms with Crippen molar-refractivity contribution in [1.29, 1.82) is 0 Å². The summed E-state index contributed by atoms with van der Waals surface area (Å²) in [5.41, 5.74) is 7.73. The second-order valence-corrected chi connectivity index (χ2v) is 9.18. The van der Waals surface area contributed by atoms with E-state index in [2.05, 4.69) is 10.6 Å². The molecule has 4 amide bonds. The van der Waals surface area contributed by atoms with Gasteiger partial charge in [-0.15, -0.1) is 0 Å². The van der Waals surface area contributed by atoms with Crippen LogP contribution in [0, 0.1) is 0 Å². The number of carboxylic acid groups (broad SMARTS) is 1. The average Bonchev–Trinajstić information content (AvgIpc) is 3.13. The predicted molar refractivity (Wildman–Crippen MR) is 119 cm³/mol. The molecule has 1 saturated heterocycles. The van der Waals surface area contributed by atoms with Crippen LogP contribution in [-0.4, -0.2) is 63.9 Å². The largest absolute Gasteiger partial charge is 0.490 e. The number of hydrogen-bond donors (Lipinski definition) is 4. The number of nitrogens with two attached hydrogens (primary N) is 1. The maximum absolute atomic E-state index is 12.7. The Morgan fingerprint density at radius 1 is 1.17 bits per heavy atom. The molecule has 1 saturated carbocycles. The van der Waals surface area contributed by atoms with E-state index >= 15 is 0 Å². The van der Waals surface area contributed by atoms with Crippen molar-refractivity contribution in [3.05, 3.63) is 34.9 Å². The zero-order valence-electron chi connectivity index (χ0n) is 19.3. The van der Waals surface area contributed by atoms with Crippen molar-refractivity contribution in [2.75, 3.05) is 6.54 Å². The summed E-state index contributed by atoms with van der Waals surface area (Å²) in [4.78, 5) is 59.2. The maximum Gasteiger partial charge on any atom is 0.490 e. The first-order valence-electron chi connectivity index (χ1n) is 11.5. The lowest BCUT2D eigenvalue weighted by Crippen LogP contribution is -2.52. The van der Waals surface area contributed by atoms with Crippen molar-refractivity contribution in [2.45, 2.75) is 69.2 Å². The zero-order valence-corrected chi connectivity index (χ0v) is 19.3. The quantitative estimate of drug-likeness (QED) is 0.445. The van der Waals surface area contributed by atoms with Crippen molar-refractivity contribution in [1.82, 2.24) is 15.5 Å². The van der Waals surface area contributed by atoms with Crippen molar-refractivity contribution >= 4 is 29.6 Å². The number of nitrogens with one attached hydrogen (secondary N) is 2. The highest BCUT2D eigenvalue weighted by molar-refractivity contribution is 6.06. The first-order valence-corrected chi connectivity index (χ1v) is 11.5. The molecule has 5 N–H and O–H groups in total. The molecule has 1 unspecified atom stereocenters. The molecule has 36 heavy (non-hydrogen) atoms. The number of amides is 4. The second-order valence-electron chi connectivity index (χ2n) is 9.18. The molecular weight excluding hydrogens is 485 g/mol. The summed E-state index contributed by atoms with van der Waals surface area (Å²) in [5.74, 6) is -3.97. The summed E-state index contributed by atoms with van der Waals surface area (Å²) in [6.07, 6.45) is 0.629. The molecule has 1 aromatic carbocycles. The van der Waals surface area contributed by atoms with E-state index in [0.717, 1.165) is 25.7 Å². The number of carbonyl (C=O) groups excluding carboxylic acids is 4. The van der Waals surface area contributed by atoms with Crippen LogP contribution in [0.5, 0.6) is 0 Å². The Kier molecular flexibility index (Phi) is 8.02. The van der Waals surface area contributed by atoms with Gasteiger partial charge >= 0.3 is 12.1 Å². The maximum atomic E-state index is 12.7. The molecule has 2 heterocycles. The summed E-state index contributed by atoms with van der Waals surface area (Å²) in [7, 11) is 0. The number of fused-ring (bicyclic) bond motifs is 1. The van der Waals surface area contributed by atoms with Gasteiger partial charge < -0.3 is 21.1 Å². The first kappa shape index (κ1) is 27.1. The van der Waals surface area contributed by atoms with Crippen LogP contribution in [0.2, 0.25) is 0 Å². The Hall–Kier alpha value is -3.48. The molecule has 3 aliphatic rings. The number of imide groups is 1. The number of aliphatic carboxylic acids is 1. The van der Waals surface area contributed by atoms with Crippen LogP contribution in [0.25, 0.3) is 0 Å². The van der Waals surface area contributed by atoms with E-state index in [1.54, 1.807) is 18.2 Å². The van der Waals surface area contributed by atoms with E-state index in [1.807, 2.05) is 0 Å². The van der Waals surface area contributed by atoms with Gasteiger partial charge in [-0.2, -0.15) is 13.2 Å². The average molecular weight is 512 g/mol. The monoisotopic (exact) mass is 512 g/mol. The summed E-state index contributed by atoms with van der Waals surface area (Å²) >= 11 is 0. The molecule has 10 nitrogen and oxygen atoms in total. The topological polar surface area (TPSA) is 159 Å². The highest BCUT2D eigenvalue weighted by Gasteiger charge is 2.39. The van der Waals surface area contributed by atoms with Crippen molar-refractivity contribution in [2.24, 2.45) is 5.73 Å². The van der Waals surface area contributed by atoms with Crippen LogP contribution in [-0.2, 0) is 20.9 Å². The number of carboxylic acids is 1. The lowest BCUT2D eigenvalue weighted by molar-refractivity contribution is -0.192. The van der Waals surface area contributed by atoms with Gasteiger partial charge in [0.2, 0.25) is 11.8 Å². The van der Waals surface area contributed by atoms with Crippen LogP contribution >= 0.6 is 0 Å². The third-order valence-electron chi connectivity index (χ3n) is 6.48. The minimum absolute atomic E-state index is 0.213. The normalized spacial score (nSPS) is 21.2. The number of nitrogens with zero attached hydrogens (tertiary/aromatic N) is 1. The van der Waals surface area contributed by atoms with E-state index in [4.69, 9.17) is 15.6 Å². The lowest BCUT2D eigenvalue weighted by Gasteiger charge is -2.33. The summed E-state index contributed by atoms with van der Waals surface area (Å²) in [6.45, 7) is 0.687. The van der Waals surface area contributed by atoms with E-state index < -0.39 is 24.1 Å². The van der Waals surface area contributed by atoms with Gasteiger partial charge in [0.05, 0.1) is 0 Å². The molecule has 13 heteroatoms. The summed E-state index contributed by atoms with van der Waals surface area (Å²) in [5, 5.41) is 12.3. The van der Waals surface area contributed by atoms with Crippen molar-refractivity contribution < 1.29 is 42.3 Å². The van der Waals surface area contributed by atoms with Gasteiger partial charge in [0.15, 0.2) is 0 Å². The fourth-order valence-electron chi connectivity index (χ4n) is 4.51. The van der Waals surface area contributed by atoms with Gasteiger partial charge in [-0.1, -0.05) is 19.3 Å². The summed E-state index contributed by atoms with van der Waals surface area (Å²) < 4.78 is 31.7. The number of piperidine rings is 1. The molecule has 1 atom stereocenters. The number of carbonyl (C=O) groups is 5. The number of rotatable bonds is 4. The third kappa shape index (κ3) is 6.39. The van der Waals surface area contributed by atoms with Gasteiger partial charge in [0, 0.05) is 36.2 Å². The lowest BCUT2D eigenvalue weighted by atomic mass is 9.82.